The van der Waals surface area contributed by atoms with Crippen LogP contribution in [0.4, 0.5) is 11.4 Å². The van der Waals surface area contributed by atoms with Crippen molar-refractivity contribution < 1.29 is 19.5 Å². The molecule has 38 heavy (non-hydrogen) atoms. The lowest BCUT2D eigenvalue weighted by Gasteiger charge is -2.41. The average Bonchev–Trinajstić information content (AvgIpc) is 3.46. The quantitative estimate of drug-likeness (QED) is 0.464. The van der Waals surface area contributed by atoms with E-state index in [2.05, 4.69) is 17.6 Å². The number of benzene rings is 2. The second kappa shape index (κ2) is 10.2. The monoisotopic (exact) mass is 555 g/mol. The largest absolute Gasteiger partial charge is 0.394 e. The molecular formula is C29H34ClN3O4S. The van der Waals surface area contributed by atoms with Crippen LogP contribution in [-0.2, 0) is 14.4 Å². The number of thioether (sulfide) groups is 1. The molecule has 1 spiro atoms. The normalized spacial score (nSPS) is 30.4. The van der Waals surface area contributed by atoms with Crippen molar-refractivity contribution in [1.82, 2.24) is 4.90 Å². The van der Waals surface area contributed by atoms with Gasteiger partial charge in [-0.05, 0) is 48.9 Å². The molecule has 0 saturated carbocycles. The number of anilines is 2. The molecule has 0 radical (unpaired) electrons. The van der Waals surface area contributed by atoms with E-state index in [-0.39, 0.29) is 41.4 Å². The van der Waals surface area contributed by atoms with Crippen LogP contribution in [0, 0.1) is 30.6 Å². The third kappa shape index (κ3) is 4.12. The van der Waals surface area contributed by atoms with Crippen LogP contribution in [-0.4, -0.2) is 56.4 Å². The summed E-state index contributed by atoms with van der Waals surface area (Å²) in [6.07, 6.45) is 0.732. The number of halogens is 1. The summed E-state index contributed by atoms with van der Waals surface area (Å²) in [6.45, 7) is 7.53. The van der Waals surface area contributed by atoms with Crippen molar-refractivity contribution in [2.45, 2.75) is 56.2 Å². The summed E-state index contributed by atoms with van der Waals surface area (Å²) in [4.78, 5) is 43.8. The topological polar surface area (TPSA) is 98.7 Å². The third-order valence-corrected chi connectivity index (χ3v) is 11.0. The zero-order chi connectivity index (χ0) is 27.4. The second-order valence-electron chi connectivity index (χ2n) is 11.1. The van der Waals surface area contributed by atoms with E-state index in [0.717, 1.165) is 12.0 Å². The summed E-state index contributed by atoms with van der Waals surface area (Å²) >= 11 is 8.06. The molecule has 0 aliphatic carbocycles. The number of fused-ring (bicyclic) bond motifs is 1. The number of amides is 3. The minimum atomic E-state index is -0.852. The summed E-state index contributed by atoms with van der Waals surface area (Å²) in [5.74, 6) is -2.08. The summed E-state index contributed by atoms with van der Waals surface area (Å²) < 4.78 is -0.790. The van der Waals surface area contributed by atoms with Gasteiger partial charge in [-0.1, -0.05) is 62.7 Å². The first-order valence-corrected chi connectivity index (χ1v) is 14.4. The Kier molecular flexibility index (Phi) is 7.26. The number of para-hydroxylation sites is 2. The van der Waals surface area contributed by atoms with Crippen LogP contribution in [0.25, 0.3) is 0 Å². The molecule has 2 bridgehead atoms. The molecule has 3 saturated heterocycles. The van der Waals surface area contributed by atoms with Crippen LogP contribution in [0.1, 0.15) is 32.8 Å². The average molecular weight is 556 g/mol. The summed E-state index contributed by atoms with van der Waals surface area (Å²) in [6, 6.07) is 13.2. The molecule has 3 unspecified atom stereocenters. The number of hydrogen-bond donors (Lipinski definition) is 3. The van der Waals surface area contributed by atoms with Crippen LogP contribution in [0.3, 0.4) is 0 Å². The molecule has 7 nitrogen and oxygen atoms in total. The van der Waals surface area contributed by atoms with Crippen LogP contribution in [0.15, 0.2) is 48.5 Å². The number of carbonyl (C=O) groups excluding carboxylic acids is 3. The highest BCUT2D eigenvalue weighted by molar-refractivity contribution is 8.02. The van der Waals surface area contributed by atoms with Crippen molar-refractivity contribution in [1.29, 1.82) is 0 Å². The maximum atomic E-state index is 14.3. The number of rotatable bonds is 7. The van der Waals surface area contributed by atoms with Gasteiger partial charge in [0.05, 0.1) is 39.9 Å². The maximum Gasteiger partial charge on any atom is 0.248 e. The van der Waals surface area contributed by atoms with E-state index in [4.69, 9.17) is 11.6 Å². The minimum absolute atomic E-state index is 0.0202. The highest BCUT2D eigenvalue weighted by Gasteiger charge is 2.76. The van der Waals surface area contributed by atoms with Gasteiger partial charge >= 0.3 is 0 Å². The first-order valence-electron chi connectivity index (χ1n) is 13.1. The number of carbonyl (C=O) groups is 3. The Morgan fingerprint density at radius 1 is 1.13 bits per heavy atom. The highest BCUT2D eigenvalue weighted by Crippen LogP contribution is 2.69. The Bertz CT molecular complexity index is 1240. The van der Waals surface area contributed by atoms with Gasteiger partial charge in [-0.3, -0.25) is 14.4 Å². The molecule has 0 aromatic heterocycles. The third-order valence-electron chi connectivity index (χ3n) is 8.56. The first kappa shape index (κ1) is 27.0. The smallest absolute Gasteiger partial charge is 0.248 e. The Hall–Kier alpha value is -2.55. The standard InChI is InChI=1S/C29H34ClN3O4S/c1-15(2)20(14-34)33-25(27(36)32-24-16(3)9-8-12-19(24)30)29-17(4)13-21(38-29)22(23(29)28(33)37)26(35)31-18-10-6-5-7-11-18/h5-12,15,17,20-23,25,34H,13-14H2,1-4H3,(H,31,35)(H,32,36)/t17?,20-,21+,22-,23-,25?,29?/m0/s1. The fourth-order valence-electron chi connectivity index (χ4n) is 6.77. The maximum absolute atomic E-state index is 14.3. The first-order chi connectivity index (χ1) is 18.1. The van der Waals surface area contributed by atoms with Crippen molar-refractivity contribution in [2.75, 3.05) is 17.2 Å². The number of aliphatic hydroxyl groups is 1. The highest BCUT2D eigenvalue weighted by atomic mass is 35.5. The fourth-order valence-corrected chi connectivity index (χ4v) is 9.44. The molecule has 202 valence electrons. The second-order valence-corrected chi connectivity index (χ2v) is 13.0. The van der Waals surface area contributed by atoms with Crippen molar-refractivity contribution in [2.24, 2.45) is 23.7 Å². The van der Waals surface area contributed by atoms with Crippen molar-refractivity contribution in [3.8, 4) is 0 Å². The van der Waals surface area contributed by atoms with Crippen LogP contribution < -0.4 is 10.6 Å². The van der Waals surface area contributed by atoms with Gasteiger partial charge in [0.1, 0.15) is 6.04 Å². The van der Waals surface area contributed by atoms with Gasteiger partial charge < -0.3 is 20.6 Å². The van der Waals surface area contributed by atoms with E-state index in [1.54, 1.807) is 22.7 Å². The van der Waals surface area contributed by atoms with Crippen molar-refractivity contribution in [3.63, 3.8) is 0 Å². The molecule has 3 N–H and O–H groups in total. The Morgan fingerprint density at radius 3 is 2.47 bits per heavy atom. The fraction of sp³-hybridized carbons (Fsp3) is 0.483. The lowest BCUT2D eigenvalue weighted by atomic mass is 9.65. The molecule has 9 heteroatoms. The zero-order valence-corrected chi connectivity index (χ0v) is 23.6. The molecular weight excluding hydrogens is 522 g/mol. The Labute approximate surface area is 232 Å². The van der Waals surface area contributed by atoms with E-state index in [9.17, 15) is 19.5 Å². The van der Waals surface area contributed by atoms with Gasteiger partial charge in [0.2, 0.25) is 17.7 Å². The number of aliphatic hydroxyl groups excluding tert-OH is 1. The van der Waals surface area contributed by atoms with E-state index < -0.39 is 28.7 Å². The Morgan fingerprint density at radius 2 is 1.84 bits per heavy atom. The molecule has 2 aromatic carbocycles. The predicted molar refractivity (Wildman–Crippen MR) is 151 cm³/mol. The number of nitrogens with zero attached hydrogens (tertiary/aromatic N) is 1. The minimum Gasteiger partial charge on any atom is -0.394 e. The van der Waals surface area contributed by atoms with E-state index in [1.165, 1.54) is 0 Å². The lowest BCUT2D eigenvalue weighted by molar-refractivity contribution is -0.142. The van der Waals surface area contributed by atoms with Crippen molar-refractivity contribution >= 4 is 52.5 Å². The summed E-state index contributed by atoms with van der Waals surface area (Å²) in [5.41, 5.74) is 2.00. The van der Waals surface area contributed by atoms with Crippen LogP contribution in [0.5, 0.6) is 0 Å². The molecule has 3 fully saturated rings. The molecule has 3 heterocycles. The van der Waals surface area contributed by atoms with Gasteiger partial charge in [-0.25, -0.2) is 0 Å². The van der Waals surface area contributed by atoms with E-state index in [1.807, 2.05) is 63.2 Å². The number of hydrogen-bond acceptors (Lipinski definition) is 5. The molecule has 7 atom stereocenters. The van der Waals surface area contributed by atoms with Crippen molar-refractivity contribution in [3.05, 3.63) is 59.1 Å². The number of nitrogens with one attached hydrogen (secondary N) is 2. The number of aryl methyl sites for hydroxylation is 1. The van der Waals surface area contributed by atoms with E-state index in [0.29, 0.717) is 16.4 Å². The molecule has 2 aromatic rings. The predicted octanol–water partition coefficient (Wildman–Crippen LogP) is 4.58. The number of likely N-dealkylation sites (tertiary alicyclic amines) is 1. The van der Waals surface area contributed by atoms with Crippen LogP contribution in [0.2, 0.25) is 5.02 Å². The summed E-state index contributed by atoms with van der Waals surface area (Å²) in [7, 11) is 0. The van der Waals surface area contributed by atoms with Gasteiger partial charge in [0, 0.05) is 10.9 Å². The molecule has 3 amide bonds. The van der Waals surface area contributed by atoms with Gasteiger partial charge in [0.25, 0.3) is 0 Å². The lowest BCUT2D eigenvalue weighted by Crippen LogP contribution is -2.57. The van der Waals surface area contributed by atoms with Crippen LogP contribution >= 0.6 is 23.4 Å². The molecule has 3 aliphatic rings. The zero-order valence-electron chi connectivity index (χ0n) is 22.0. The molecule has 3 aliphatic heterocycles. The Balaban J connectivity index is 1.57. The van der Waals surface area contributed by atoms with Gasteiger partial charge in [-0.2, -0.15) is 0 Å². The van der Waals surface area contributed by atoms with Gasteiger partial charge in [0.15, 0.2) is 0 Å². The van der Waals surface area contributed by atoms with E-state index >= 15 is 0 Å². The summed E-state index contributed by atoms with van der Waals surface area (Å²) in [5, 5.41) is 16.8. The van der Waals surface area contributed by atoms with Gasteiger partial charge in [-0.15, -0.1) is 11.8 Å². The molecule has 5 rings (SSSR count). The SMILES string of the molecule is Cc1cccc(Cl)c1NC(=O)C1N([C@@H](CO)C(C)C)C(=O)[C@@H]2[C@@H](C(=O)Nc3ccccc3)[C@H]3CC(C)C12S3.